The Morgan fingerprint density at radius 2 is 0.823 bits per heavy atom. The molecule has 11 aromatic carbocycles. The predicted molar refractivity (Wildman–Crippen MR) is 268 cm³/mol. The molecule has 0 aliphatic rings. The van der Waals surface area contributed by atoms with Crippen LogP contribution in [-0.4, -0.2) is 0 Å². The third-order valence-electron chi connectivity index (χ3n) is 12.4. The summed E-state index contributed by atoms with van der Waals surface area (Å²) in [5.74, 6) is 0. The zero-order chi connectivity index (χ0) is 41.0. The van der Waals surface area contributed by atoms with E-state index in [9.17, 15) is 0 Å². The molecule has 2 heteroatoms. The first-order valence-corrected chi connectivity index (χ1v) is 22.1. The first kappa shape index (κ1) is 36.1. The molecule has 0 radical (unpaired) electrons. The van der Waals surface area contributed by atoms with E-state index in [1.54, 1.807) is 0 Å². The third-order valence-corrected chi connectivity index (χ3v) is 13.6. The van der Waals surface area contributed by atoms with Gasteiger partial charge in [0.2, 0.25) is 0 Å². The van der Waals surface area contributed by atoms with E-state index in [0.29, 0.717) is 0 Å². The van der Waals surface area contributed by atoms with Gasteiger partial charge in [0.05, 0.1) is 10.4 Å². The number of hydrogen-bond acceptors (Lipinski definition) is 2. The van der Waals surface area contributed by atoms with Crippen molar-refractivity contribution in [3.05, 3.63) is 237 Å². The van der Waals surface area contributed by atoms with Gasteiger partial charge in [-0.05, 0) is 113 Å². The molecular weight excluding hydrogens is 767 g/mol. The maximum absolute atomic E-state index is 2.47. The Bertz CT molecular complexity index is 3620. The lowest BCUT2D eigenvalue weighted by atomic mass is 9.85. The Labute approximate surface area is 365 Å². The van der Waals surface area contributed by atoms with Gasteiger partial charge < -0.3 is 4.90 Å². The number of nitrogens with zero attached hydrogens (tertiary/aromatic N) is 1. The first-order valence-electron chi connectivity index (χ1n) is 21.3. The van der Waals surface area contributed by atoms with E-state index in [0.717, 1.165) is 17.1 Å². The van der Waals surface area contributed by atoms with Crippen LogP contribution in [0, 0.1) is 0 Å². The molecule has 0 aliphatic carbocycles. The molecule has 0 fully saturated rings. The van der Waals surface area contributed by atoms with Crippen LogP contribution < -0.4 is 4.90 Å². The fraction of sp³-hybridized carbons (Fsp3) is 0. The van der Waals surface area contributed by atoms with Gasteiger partial charge in [0.1, 0.15) is 0 Å². The third kappa shape index (κ3) is 5.99. The summed E-state index contributed by atoms with van der Waals surface area (Å²) in [4.78, 5) is 2.47. The summed E-state index contributed by atoms with van der Waals surface area (Å²) in [6, 6.07) is 86.7. The molecule has 1 heterocycles. The average molecular weight is 806 g/mol. The van der Waals surface area contributed by atoms with E-state index < -0.39 is 0 Å². The largest absolute Gasteiger partial charge is 0.309 e. The molecule has 0 saturated heterocycles. The number of rotatable bonds is 7. The number of benzene rings is 11. The van der Waals surface area contributed by atoms with E-state index in [4.69, 9.17) is 0 Å². The lowest BCUT2D eigenvalue weighted by Gasteiger charge is -2.27. The van der Waals surface area contributed by atoms with Crippen LogP contribution in [0.5, 0.6) is 0 Å². The van der Waals surface area contributed by atoms with Gasteiger partial charge in [-0.15, -0.1) is 11.3 Å². The molecule has 62 heavy (non-hydrogen) atoms. The molecule has 0 unspecified atom stereocenters. The zero-order valence-corrected chi connectivity index (χ0v) is 34.7. The Balaban J connectivity index is 1.09. The molecule has 1 aromatic heterocycles. The van der Waals surface area contributed by atoms with Gasteiger partial charge in [-0.3, -0.25) is 0 Å². The lowest BCUT2D eigenvalue weighted by Crippen LogP contribution is -2.10. The molecule has 12 aromatic rings. The van der Waals surface area contributed by atoms with Crippen molar-refractivity contribution in [2.45, 2.75) is 0 Å². The van der Waals surface area contributed by atoms with Crippen LogP contribution in [0.2, 0.25) is 0 Å². The smallest absolute Gasteiger partial charge is 0.0640 e. The minimum absolute atomic E-state index is 1.10. The first-order chi connectivity index (χ1) is 30.8. The van der Waals surface area contributed by atoms with Gasteiger partial charge in [0, 0.05) is 26.8 Å². The van der Waals surface area contributed by atoms with Gasteiger partial charge in [0.25, 0.3) is 0 Å². The topological polar surface area (TPSA) is 3.24 Å². The SMILES string of the molecule is c1ccc(-c2c(-c3ccc(N(c4cccc(-c5c(-c6ccccc6)c6ccccc6c6ccccc56)c4)c4cccc5c4sc4ccccc45)cc3)ccc3ccccc23)cc1. The van der Waals surface area contributed by atoms with Crippen molar-refractivity contribution < 1.29 is 0 Å². The van der Waals surface area contributed by atoms with Crippen molar-refractivity contribution in [1.29, 1.82) is 0 Å². The van der Waals surface area contributed by atoms with Crippen LogP contribution in [-0.2, 0) is 0 Å². The second-order valence-corrected chi connectivity index (χ2v) is 17.0. The van der Waals surface area contributed by atoms with Crippen LogP contribution in [0.15, 0.2) is 237 Å². The zero-order valence-electron chi connectivity index (χ0n) is 33.9. The fourth-order valence-corrected chi connectivity index (χ4v) is 10.9. The normalized spacial score (nSPS) is 11.5. The summed E-state index contributed by atoms with van der Waals surface area (Å²) in [7, 11) is 0. The van der Waals surface area contributed by atoms with Crippen molar-refractivity contribution in [3.63, 3.8) is 0 Å². The Hall–Kier alpha value is -7.78. The van der Waals surface area contributed by atoms with Crippen molar-refractivity contribution >= 4 is 80.9 Å². The molecule has 0 N–H and O–H groups in total. The highest BCUT2D eigenvalue weighted by Gasteiger charge is 2.22. The monoisotopic (exact) mass is 805 g/mol. The molecule has 290 valence electrons. The molecule has 0 amide bonds. The van der Waals surface area contributed by atoms with E-state index in [2.05, 4.69) is 241 Å². The van der Waals surface area contributed by atoms with Crippen LogP contribution in [0.25, 0.3) is 97.0 Å². The maximum atomic E-state index is 2.47. The second-order valence-electron chi connectivity index (χ2n) is 16.0. The highest BCUT2D eigenvalue weighted by atomic mass is 32.1. The molecule has 1 nitrogen and oxygen atoms in total. The molecule has 12 rings (SSSR count). The highest BCUT2D eigenvalue weighted by molar-refractivity contribution is 7.26. The molecular formula is C60H39NS. The van der Waals surface area contributed by atoms with E-state index in [-0.39, 0.29) is 0 Å². The van der Waals surface area contributed by atoms with Crippen molar-refractivity contribution in [1.82, 2.24) is 0 Å². The second kappa shape index (κ2) is 15.0. The van der Waals surface area contributed by atoms with Gasteiger partial charge >= 0.3 is 0 Å². The Kier molecular flexibility index (Phi) is 8.76. The maximum Gasteiger partial charge on any atom is 0.0640 e. The van der Waals surface area contributed by atoms with Gasteiger partial charge in [0.15, 0.2) is 0 Å². The lowest BCUT2D eigenvalue weighted by molar-refractivity contribution is 1.30. The van der Waals surface area contributed by atoms with E-state index in [1.807, 2.05) is 11.3 Å². The number of anilines is 3. The summed E-state index contributed by atoms with van der Waals surface area (Å²) < 4.78 is 2.56. The molecule has 0 atom stereocenters. The Morgan fingerprint density at radius 1 is 0.290 bits per heavy atom. The van der Waals surface area contributed by atoms with Crippen LogP contribution in [0.3, 0.4) is 0 Å². The number of fused-ring (bicyclic) bond motifs is 7. The number of hydrogen-bond donors (Lipinski definition) is 0. The van der Waals surface area contributed by atoms with Crippen molar-refractivity contribution in [2.24, 2.45) is 0 Å². The highest BCUT2D eigenvalue weighted by Crippen LogP contribution is 2.49. The minimum Gasteiger partial charge on any atom is -0.309 e. The van der Waals surface area contributed by atoms with Crippen LogP contribution in [0.4, 0.5) is 17.1 Å². The summed E-state index contributed by atoms with van der Waals surface area (Å²) >= 11 is 1.87. The molecule has 0 aliphatic heterocycles. The van der Waals surface area contributed by atoms with Gasteiger partial charge in [-0.1, -0.05) is 200 Å². The average Bonchev–Trinajstić information content (AvgIpc) is 3.74. The summed E-state index contributed by atoms with van der Waals surface area (Å²) in [5.41, 5.74) is 13.1. The molecule has 0 bridgehead atoms. The quantitative estimate of drug-likeness (QED) is 0.145. The summed E-state index contributed by atoms with van der Waals surface area (Å²) in [6.45, 7) is 0. The minimum atomic E-state index is 1.10. The Morgan fingerprint density at radius 3 is 1.53 bits per heavy atom. The van der Waals surface area contributed by atoms with Crippen molar-refractivity contribution in [2.75, 3.05) is 4.90 Å². The summed E-state index contributed by atoms with van der Waals surface area (Å²) in [6.07, 6.45) is 0. The van der Waals surface area contributed by atoms with Crippen molar-refractivity contribution in [3.8, 4) is 44.5 Å². The fourth-order valence-electron chi connectivity index (χ4n) is 9.70. The van der Waals surface area contributed by atoms with Crippen LogP contribution >= 0.6 is 11.3 Å². The van der Waals surface area contributed by atoms with Crippen LogP contribution in [0.1, 0.15) is 0 Å². The molecule has 0 saturated carbocycles. The molecule has 0 spiro atoms. The van der Waals surface area contributed by atoms with Gasteiger partial charge in [-0.2, -0.15) is 0 Å². The predicted octanol–water partition coefficient (Wildman–Crippen LogP) is 17.7. The standard InChI is InChI=1S/C60H39NS/c1-3-18-42(19-4-1)57-47-24-8-7-17-40(47)35-38-48(57)41-33-36-45(37-34-41)61(55-31-16-30-54-51-27-13-14-32-56(51)62-60(54)55)46-23-15-22-44(39-46)59-53-29-12-10-26-50(53)49-25-9-11-28-52(49)58(59)43-20-5-2-6-21-43/h1-39H. The van der Waals surface area contributed by atoms with E-state index >= 15 is 0 Å². The van der Waals surface area contributed by atoms with Gasteiger partial charge in [-0.25, -0.2) is 0 Å². The summed E-state index contributed by atoms with van der Waals surface area (Å²) in [5, 5.41) is 10.1. The van der Waals surface area contributed by atoms with E-state index in [1.165, 1.54) is 97.0 Å². The number of thiophene rings is 1.